The quantitative estimate of drug-likeness (QED) is 0.0911. The zero-order valence-corrected chi connectivity index (χ0v) is 45.5. The number of hydrogen-bond acceptors (Lipinski definition) is 15. The number of fused-ring (bicyclic) bond motifs is 14. The fourth-order valence-electron chi connectivity index (χ4n) is 8.62. The van der Waals surface area contributed by atoms with Crippen LogP contribution in [0.5, 0.6) is 0 Å². The van der Waals surface area contributed by atoms with Gasteiger partial charge in [0.05, 0.1) is 22.7 Å². The van der Waals surface area contributed by atoms with Crippen LogP contribution in [0.15, 0.2) is 67.6 Å². The van der Waals surface area contributed by atoms with Crippen LogP contribution < -0.4 is 64.6 Å². The number of carbonyl (C=O) groups is 10. The van der Waals surface area contributed by atoms with Crippen LogP contribution in [0.25, 0.3) is 0 Å². The first-order valence-electron chi connectivity index (χ1n) is 25.1. The number of hydrogen-bond donors (Lipinski definition) is 12. The number of nitrogens with one attached hydrogen (secondary N) is 10. The maximum Gasteiger partial charge on any atom is 0.287 e. The Hall–Kier alpha value is -10.6. The van der Waals surface area contributed by atoms with E-state index in [1.54, 1.807) is 35.2 Å². The Labute approximate surface area is 465 Å². The number of aryl methyl sites for hydroxylation is 7. The number of nitrogens with two attached hydrogens (primary N) is 2. The molecule has 32 heteroatoms. The van der Waals surface area contributed by atoms with Crippen molar-refractivity contribution in [3.05, 3.63) is 108 Å². The number of nitrogens with zero attached hydrogens (tertiary/aromatic N) is 10. The molecule has 2 atom stereocenters. The number of anilines is 7. The highest BCUT2D eigenvalue weighted by atomic mass is 16.2. The van der Waals surface area contributed by atoms with Gasteiger partial charge in [0, 0.05) is 144 Å². The van der Waals surface area contributed by atoms with Gasteiger partial charge in [-0.15, -0.1) is 0 Å². The van der Waals surface area contributed by atoms with Crippen molar-refractivity contribution in [2.75, 3.05) is 56.9 Å². The third kappa shape index (κ3) is 13.8. The van der Waals surface area contributed by atoms with Crippen LogP contribution in [0.1, 0.15) is 93.1 Å². The van der Waals surface area contributed by atoms with Crippen molar-refractivity contribution in [3.63, 3.8) is 0 Å². The van der Waals surface area contributed by atoms with Gasteiger partial charge in [-0.1, -0.05) is 0 Å². The molecule has 0 fully saturated rings. The lowest BCUT2D eigenvalue weighted by Crippen LogP contribution is -2.40. The van der Waals surface area contributed by atoms with Crippen molar-refractivity contribution >= 4 is 99.3 Å². The van der Waals surface area contributed by atoms with Crippen LogP contribution in [0.2, 0.25) is 0 Å². The van der Waals surface area contributed by atoms with E-state index in [0.29, 0.717) is 0 Å². The van der Waals surface area contributed by atoms with Gasteiger partial charge < -0.3 is 96.6 Å². The number of imidazole rings is 3. The third-order valence-electron chi connectivity index (χ3n) is 12.6. The predicted molar refractivity (Wildman–Crippen MR) is 296 cm³/mol. The molecular weight excluding hydrogens is 1070 g/mol. The summed E-state index contributed by atoms with van der Waals surface area (Å²) >= 11 is 0. The summed E-state index contributed by atoms with van der Waals surface area (Å²) in [6.45, 7) is -0.389. The fourth-order valence-corrected chi connectivity index (χ4v) is 8.62. The van der Waals surface area contributed by atoms with E-state index in [2.05, 4.69) is 68.1 Å². The van der Waals surface area contributed by atoms with E-state index in [4.69, 9.17) is 11.5 Å². The van der Waals surface area contributed by atoms with E-state index >= 15 is 0 Å². The second-order valence-electron chi connectivity index (χ2n) is 19.4. The minimum Gasteiger partial charge on any atom is -0.349 e. The van der Waals surface area contributed by atoms with Gasteiger partial charge in [-0.3, -0.25) is 47.9 Å². The zero-order chi connectivity index (χ0) is 59.3. The van der Waals surface area contributed by atoms with Gasteiger partial charge in [0.2, 0.25) is 35.2 Å². The summed E-state index contributed by atoms with van der Waals surface area (Å²) < 4.78 is 10.1. The molecule has 14 N–H and O–H groups in total. The minimum absolute atomic E-state index is 0.0327. The first-order valence-corrected chi connectivity index (χ1v) is 25.1. The van der Waals surface area contributed by atoms with Gasteiger partial charge in [-0.2, -0.15) is 0 Å². The molecule has 10 amide bonds. The zero-order valence-electron chi connectivity index (χ0n) is 45.5. The number of carbonyl (C=O) groups excluding carboxylic acids is 10. The smallest absolute Gasteiger partial charge is 0.287 e. The molecule has 0 radical (unpaired) electrons. The van der Waals surface area contributed by atoms with E-state index in [1.807, 2.05) is 0 Å². The molecular formula is C50H60N22O10. The lowest BCUT2D eigenvalue weighted by molar-refractivity contribution is -0.117. The highest BCUT2D eigenvalue weighted by Gasteiger charge is 2.25. The van der Waals surface area contributed by atoms with E-state index in [0.717, 1.165) is 0 Å². The normalized spacial score (nSPS) is 17.3. The van der Waals surface area contributed by atoms with Crippen LogP contribution in [0, 0.1) is 0 Å². The molecule has 0 spiro atoms. The van der Waals surface area contributed by atoms with Crippen LogP contribution >= 0.6 is 0 Å². The number of amides is 10. The van der Waals surface area contributed by atoms with Crippen molar-refractivity contribution in [3.8, 4) is 0 Å². The molecule has 0 saturated heterocycles. The van der Waals surface area contributed by atoms with Crippen molar-refractivity contribution in [2.45, 2.75) is 31.3 Å². The maximum atomic E-state index is 13.5. The molecule has 14 bridgehead atoms. The standard InChI is InChI=1S/C50H60N22O10/c1-66-18-27-12-31(66)44(76)58-29-14-32(68(3)20-29)45(77)59-30-15-34(69(4)21-30)47(79)65-37-24-72(7)43(63-37)50(82)55-17-26(52)11-40(75)57-28-13-33(67(2)19-28)46(78)64-36-23-71(6)41(62-36)48(80)53-9-8-38(73)60-35-22-70(5)42(61-35)49(81)54-16-25(51)10-39(74)56-27/h12-15,18-26H,8-11,16-17,51-52H2,1-7H3,(H,53,80)(H,54,81)(H,55,82)(H,56,74)(H,57,75)(H,58,76)(H,59,77)(H,60,73)(H,64,78)(H,65,79)/t25-,26-/m1/s1. The molecule has 7 aromatic heterocycles. The molecule has 8 heterocycles. The van der Waals surface area contributed by atoms with E-state index in [1.165, 1.54) is 114 Å². The summed E-state index contributed by atoms with van der Waals surface area (Å²) in [5.41, 5.74) is 14.1. The van der Waals surface area contributed by atoms with Crippen molar-refractivity contribution in [1.82, 2.24) is 62.9 Å². The Bertz CT molecular complexity index is 3690. The van der Waals surface area contributed by atoms with Crippen LogP contribution in [0.4, 0.5) is 40.2 Å². The Morgan fingerprint density at radius 2 is 0.671 bits per heavy atom. The monoisotopic (exact) mass is 1130 g/mol. The first kappa shape index (κ1) is 57.5. The van der Waals surface area contributed by atoms with Gasteiger partial charge in [-0.25, -0.2) is 15.0 Å². The van der Waals surface area contributed by atoms with Gasteiger partial charge in [0.1, 0.15) is 22.8 Å². The average molecular weight is 1130 g/mol. The largest absolute Gasteiger partial charge is 0.349 e. The average Bonchev–Trinajstić information content (AvgIpc) is 4.50. The molecule has 32 nitrogen and oxygen atoms in total. The van der Waals surface area contributed by atoms with Crippen LogP contribution in [-0.4, -0.2) is 138 Å². The lowest BCUT2D eigenvalue weighted by Gasteiger charge is -2.12. The molecule has 1 aliphatic heterocycles. The summed E-state index contributed by atoms with van der Waals surface area (Å²) in [4.78, 5) is 145. The van der Waals surface area contributed by atoms with Gasteiger partial charge >= 0.3 is 0 Å². The molecule has 8 rings (SSSR count). The Kier molecular flexibility index (Phi) is 17.0. The molecule has 7 aromatic rings. The van der Waals surface area contributed by atoms with E-state index < -0.39 is 71.2 Å². The number of rotatable bonds is 0. The van der Waals surface area contributed by atoms with Crippen molar-refractivity contribution < 1.29 is 47.9 Å². The number of aromatic nitrogens is 10. The molecule has 0 unspecified atom stereocenters. The van der Waals surface area contributed by atoms with Crippen molar-refractivity contribution in [2.24, 2.45) is 60.8 Å². The lowest BCUT2D eigenvalue weighted by atomic mass is 10.2. The maximum absolute atomic E-state index is 13.5. The minimum atomic E-state index is -0.852. The fraction of sp³-hybridized carbons (Fsp3) is 0.300. The van der Waals surface area contributed by atoms with Crippen LogP contribution in [0.3, 0.4) is 0 Å². The Balaban J connectivity index is 0.937. The summed E-state index contributed by atoms with van der Waals surface area (Å²) in [7, 11) is 11.0. The Morgan fingerprint density at radius 3 is 1.02 bits per heavy atom. The summed E-state index contributed by atoms with van der Waals surface area (Å²) in [6.07, 6.45) is 9.65. The van der Waals surface area contributed by atoms with Crippen LogP contribution in [-0.2, 0) is 63.7 Å². The molecule has 1 aliphatic rings. The molecule has 82 heavy (non-hydrogen) atoms. The highest BCUT2D eigenvalue weighted by Crippen LogP contribution is 2.22. The summed E-state index contributed by atoms with van der Waals surface area (Å²) in [6, 6.07) is 4.06. The Morgan fingerprint density at radius 1 is 0.366 bits per heavy atom. The third-order valence-corrected chi connectivity index (χ3v) is 12.6. The second kappa shape index (κ2) is 24.2. The van der Waals surface area contributed by atoms with Gasteiger partial charge in [0.15, 0.2) is 17.5 Å². The SMILES string of the molecule is Cn1cc2cc1C(=O)Nc1cc(n(C)c1)C(=O)Nc1cc(n(C)c1)C(=O)Nc1cn(C)c(n1)C(=O)NC[C@H](N)CC(=O)Nc1cc(n(C)c1)C(=O)Nc1cn(C)c(n1)C(=O)NCCC(=O)Nc1cn(C)c(n1)C(=O)NC[C@H](N)CC(=O)N2. The first-order chi connectivity index (χ1) is 38.9. The molecule has 430 valence electrons. The predicted octanol–water partition coefficient (Wildman–Crippen LogP) is -0.506. The van der Waals surface area contributed by atoms with Crippen molar-refractivity contribution in [1.29, 1.82) is 0 Å². The van der Waals surface area contributed by atoms with E-state index in [-0.39, 0.29) is 119 Å². The highest BCUT2D eigenvalue weighted by molar-refractivity contribution is 6.09. The molecule has 0 saturated carbocycles. The van der Waals surface area contributed by atoms with Gasteiger partial charge in [-0.05, 0) is 24.3 Å². The van der Waals surface area contributed by atoms with E-state index in [9.17, 15) is 47.9 Å². The molecule has 0 aliphatic carbocycles. The second-order valence-corrected chi connectivity index (χ2v) is 19.4. The molecule has 0 aromatic carbocycles. The summed E-state index contributed by atoms with van der Waals surface area (Å²) in [5, 5.41) is 26.6. The topological polar surface area (TPSA) is 416 Å². The summed E-state index contributed by atoms with van der Waals surface area (Å²) in [5.74, 6) is -5.96. The van der Waals surface area contributed by atoms with Gasteiger partial charge in [0.25, 0.3) is 41.4 Å².